The van der Waals surface area contributed by atoms with Gasteiger partial charge in [0, 0.05) is 54.8 Å². The molecule has 0 fully saturated rings. The van der Waals surface area contributed by atoms with Crippen molar-refractivity contribution in [2.75, 3.05) is 11.9 Å². The van der Waals surface area contributed by atoms with Crippen LogP contribution < -0.4 is 14.8 Å². The molecule has 154 valence electrons. The maximum atomic E-state index is 12.7. The minimum Gasteiger partial charge on any atom is -0.487 e. The van der Waals surface area contributed by atoms with Crippen LogP contribution in [0.1, 0.15) is 40.1 Å². The second kappa shape index (κ2) is 7.62. The van der Waals surface area contributed by atoms with Crippen molar-refractivity contribution < 1.29 is 19.1 Å². The Hall–Kier alpha value is -3.68. The van der Waals surface area contributed by atoms with E-state index in [0.717, 1.165) is 5.56 Å². The molecule has 1 aliphatic rings. The molecule has 2 aromatic heterocycles. The fourth-order valence-corrected chi connectivity index (χ4v) is 3.33. The second-order valence-corrected chi connectivity index (χ2v) is 7.77. The summed E-state index contributed by atoms with van der Waals surface area (Å²) in [4.78, 5) is 29.1. The third-order valence-corrected chi connectivity index (χ3v) is 4.72. The quantitative estimate of drug-likeness (QED) is 0.632. The van der Waals surface area contributed by atoms with E-state index in [1.165, 1.54) is 6.20 Å². The average molecular weight is 406 g/mol. The van der Waals surface area contributed by atoms with E-state index in [2.05, 4.69) is 15.4 Å². The largest absolute Gasteiger partial charge is 0.487 e. The SMILES string of the molecule is Cn1ccc(NC(=O)c2cc(OCC(=O)c3cccnc3)c3c(c2)OC(C)(C)C3)n1. The number of carbonyl (C=O) groups excluding carboxylic acids is 2. The van der Waals surface area contributed by atoms with E-state index >= 15 is 0 Å². The number of rotatable bonds is 6. The second-order valence-electron chi connectivity index (χ2n) is 7.77. The molecule has 4 rings (SSSR count). The van der Waals surface area contributed by atoms with Crippen LogP contribution >= 0.6 is 0 Å². The van der Waals surface area contributed by atoms with Crippen LogP contribution in [-0.4, -0.2) is 38.7 Å². The number of ether oxygens (including phenoxy) is 2. The lowest BCUT2D eigenvalue weighted by Gasteiger charge is -2.16. The van der Waals surface area contributed by atoms with Gasteiger partial charge in [-0.1, -0.05) is 0 Å². The highest BCUT2D eigenvalue weighted by atomic mass is 16.5. The highest BCUT2D eigenvalue weighted by Gasteiger charge is 2.34. The first-order chi connectivity index (χ1) is 14.3. The van der Waals surface area contributed by atoms with Crippen molar-refractivity contribution in [3.8, 4) is 11.5 Å². The van der Waals surface area contributed by atoms with Gasteiger partial charge in [-0.25, -0.2) is 0 Å². The molecule has 3 aromatic rings. The topological polar surface area (TPSA) is 95.3 Å². The zero-order valence-electron chi connectivity index (χ0n) is 17.0. The number of amides is 1. The van der Waals surface area contributed by atoms with Crippen molar-refractivity contribution in [2.45, 2.75) is 25.9 Å². The number of pyridine rings is 1. The molecule has 0 radical (unpaired) electrons. The van der Waals surface area contributed by atoms with Crippen molar-refractivity contribution in [1.82, 2.24) is 14.8 Å². The molecule has 1 aromatic carbocycles. The number of hydrogen-bond acceptors (Lipinski definition) is 6. The molecule has 8 heteroatoms. The van der Waals surface area contributed by atoms with Gasteiger partial charge < -0.3 is 14.8 Å². The van der Waals surface area contributed by atoms with E-state index in [4.69, 9.17) is 9.47 Å². The Labute approximate surface area is 173 Å². The summed E-state index contributed by atoms with van der Waals surface area (Å²) in [6.07, 6.45) is 5.45. The Morgan fingerprint density at radius 3 is 2.80 bits per heavy atom. The maximum absolute atomic E-state index is 12.7. The zero-order chi connectivity index (χ0) is 21.3. The van der Waals surface area contributed by atoms with E-state index in [1.54, 1.807) is 54.5 Å². The van der Waals surface area contributed by atoms with Crippen LogP contribution in [0.5, 0.6) is 11.5 Å². The molecule has 1 N–H and O–H groups in total. The molecule has 0 saturated carbocycles. The minimum atomic E-state index is -0.427. The maximum Gasteiger partial charge on any atom is 0.257 e. The van der Waals surface area contributed by atoms with Gasteiger partial charge in [0.05, 0.1) is 0 Å². The van der Waals surface area contributed by atoms with Gasteiger partial charge in [0.15, 0.2) is 12.4 Å². The normalized spacial score (nSPS) is 14.0. The molecule has 0 bridgehead atoms. The number of benzene rings is 1. The molecule has 1 amide bonds. The van der Waals surface area contributed by atoms with Crippen LogP contribution in [0, 0.1) is 0 Å². The summed E-state index contributed by atoms with van der Waals surface area (Å²) in [5.41, 5.74) is 1.24. The summed E-state index contributed by atoms with van der Waals surface area (Å²) in [6.45, 7) is 3.76. The Morgan fingerprint density at radius 2 is 2.10 bits per heavy atom. The van der Waals surface area contributed by atoms with Gasteiger partial charge in [0.1, 0.15) is 17.1 Å². The number of aromatic nitrogens is 3. The summed E-state index contributed by atoms with van der Waals surface area (Å²) in [5.74, 6) is 0.948. The Morgan fingerprint density at radius 1 is 1.27 bits per heavy atom. The van der Waals surface area contributed by atoms with E-state index < -0.39 is 5.60 Å². The molecule has 0 unspecified atom stereocenters. The molecule has 0 saturated heterocycles. The number of fused-ring (bicyclic) bond motifs is 1. The summed E-state index contributed by atoms with van der Waals surface area (Å²) in [7, 11) is 1.77. The smallest absolute Gasteiger partial charge is 0.257 e. The van der Waals surface area contributed by atoms with Crippen LogP contribution in [0.25, 0.3) is 0 Å². The van der Waals surface area contributed by atoms with Gasteiger partial charge in [-0.05, 0) is 38.1 Å². The number of anilines is 1. The van der Waals surface area contributed by atoms with E-state index in [-0.39, 0.29) is 18.3 Å². The highest BCUT2D eigenvalue weighted by molar-refractivity contribution is 6.04. The van der Waals surface area contributed by atoms with E-state index in [9.17, 15) is 9.59 Å². The first kappa shape index (κ1) is 19.6. The number of hydrogen-bond donors (Lipinski definition) is 1. The van der Waals surface area contributed by atoms with Gasteiger partial charge >= 0.3 is 0 Å². The average Bonchev–Trinajstić information content (AvgIpc) is 3.26. The lowest BCUT2D eigenvalue weighted by Crippen LogP contribution is -2.24. The molecule has 0 aliphatic carbocycles. The van der Waals surface area contributed by atoms with Crippen molar-refractivity contribution in [1.29, 1.82) is 0 Å². The number of aryl methyl sites for hydroxylation is 1. The van der Waals surface area contributed by atoms with Crippen LogP contribution in [0.3, 0.4) is 0 Å². The lowest BCUT2D eigenvalue weighted by atomic mass is 9.99. The Balaban J connectivity index is 1.59. The Kier molecular flexibility index (Phi) is 4.99. The number of nitrogens with one attached hydrogen (secondary N) is 1. The van der Waals surface area contributed by atoms with Gasteiger partial charge in [-0.2, -0.15) is 5.10 Å². The lowest BCUT2D eigenvalue weighted by molar-refractivity contribution is 0.0920. The third kappa shape index (κ3) is 4.17. The standard InChI is InChI=1S/C22H22N4O4/c1-22(2)11-16-18(29-13-17(27)14-5-4-7-23-12-14)9-15(10-19(16)30-22)21(28)24-20-6-8-26(3)25-20/h4-10,12H,11,13H2,1-3H3,(H,24,25,28). The van der Waals surface area contributed by atoms with Crippen molar-refractivity contribution >= 4 is 17.5 Å². The fourth-order valence-electron chi connectivity index (χ4n) is 3.33. The summed E-state index contributed by atoms with van der Waals surface area (Å²) in [5, 5.41) is 6.91. The molecule has 1 aliphatic heterocycles. The fraction of sp³-hybridized carbons (Fsp3) is 0.273. The third-order valence-electron chi connectivity index (χ3n) is 4.72. The van der Waals surface area contributed by atoms with Gasteiger partial charge in [-0.3, -0.25) is 19.3 Å². The minimum absolute atomic E-state index is 0.163. The summed E-state index contributed by atoms with van der Waals surface area (Å²) < 4.78 is 13.4. The van der Waals surface area contributed by atoms with Gasteiger partial charge in [0.25, 0.3) is 5.91 Å². The van der Waals surface area contributed by atoms with Crippen molar-refractivity contribution in [2.24, 2.45) is 7.05 Å². The molecule has 8 nitrogen and oxygen atoms in total. The number of Topliss-reactive ketones (excluding diaryl/α,β-unsaturated/α-hetero) is 1. The van der Waals surface area contributed by atoms with Gasteiger partial charge in [0.2, 0.25) is 5.78 Å². The van der Waals surface area contributed by atoms with Crippen LogP contribution in [0.4, 0.5) is 5.82 Å². The first-order valence-corrected chi connectivity index (χ1v) is 9.54. The number of carbonyl (C=O) groups is 2. The predicted octanol–water partition coefficient (Wildman–Crippen LogP) is 3.04. The number of ketones is 1. The van der Waals surface area contributed by atoms with Crippen LogP contribution in [0.15, 0.2) is 48.9 Å². The monoisotopic (exact) mass is 406 g/mol. The summed E-state index contributed by atoms with van der Waals surface area (Å²) >= 11 is 0. The van der Waals surface area contributed by atoms with Crippen LogP contribution in [-0.2, 0) is 13.5 Å². The molecular formula is C22H22N4O4. The molecule has 30 heavy (non-hydrogen) atoms. The molecular weight excluding hydrogens is 384 g/mol. The summed E-state index contributed by atoms with van der Waals surface area (Å²) in [6, 6.07) is 8.42. The zero-order valence-corrected chi connectivity index (χ0v) is 17.0. The molecule has 3 heterocycles. The Bertz CT molecular complexity index is 1110. The van der Waals surface area contributed by atoms with Crippen molar-refractivity contribution in [3.05, 3.63) is 65.6 Å². The van der Waals surface area contributed by atoms with E-state index in [1.807, 2.05) is 13.8 Å². The molecule has 0 spiro atoms. The first-order valence-electron chi connectivity index (χ1n) is 9.54. The van der Waals surface area contributed by atoms with Crippen molar-refractivity contribution in [3.63, 3.8) is 0 Å². The number of nitrogens with zero attached hydrogens (tertiary/aromatic N) is 3. The molecule has 0 atom stereocenters. The highest BCUT2D eigenvalue weighted by Crippen LogP contribution is 2.41. The van der Waals surface area contributed by atoms with Crippen LogP contribution in [0.2, 0.25) is 0 Å². The van der Waals surface area contributed by atoms with Gasteiger partial charge in [-0.15, -0.1) is 0 Å². The predicted molar refractivity (Wildman–Crippen MR) is 110 cm³/mol. The van der Waals surface area contributed by atoms with E-state index in [0.29, 0.717) is 34.9 Å².